The van der Waals surface area contributed by atoms with Gasteiger partial charge in [0.15, 0.2) is 0 Å². The third-order valence-electron chi connectivity index (χ3n) is 2.71. The van der Waals surface area contributed by atoms with E-state index in [2.05, 4.69) is 17.6 Å². The zero-order chi connectivity index (χ0) is 15.7. The number of amides is 2. The standard InChI is InChI=1S/C15H21ClN2O2S/c1-3-8-17-15(20)12-6-5-11(10-13(12)16)18-14(19)7-9-21-4-2/h5-6,10H,3-4,7-9H2,1-2H3,(H,17,20)(H,18,19). The molecule has 0 aromatic heterocycles. The first kappa shape index (κ1) is 17.9. The van der Waals surface area contributed by atoms with Crippen molar-refractivity contribution >= 4 is 40.9 Å². The highest BCUT2D eigenvalue weighted by Crippen LogP contribution is 2.21. The lowest BCUT2D eigenvalue weighted by Gasteiger charge is -2.09. The average Bonchev–Trinajstić information content (AvgIpc) is 2.45. The van der Waals surface area contributed by atoms with Gasteiger partial charge in [-0.1, -0.05) is 25.4 Å². The van der Waals surface area contributed by atoms with Gasteiger partial charge in [0, 0.05) is 24.4 Å². The van der Waals surface area contributed by atoms with Crippen LogP contribution in [0.25, 0.3) is 0 Å². The van der Waals surface area contributed by atoms with Crippen LogP contribution in [0, 0.1) is 0 Å². The van der Waals surface area contributed by atoms with Gasteiger partial charge < -0.3 is 10.6 Å². The van der Waals surface area contributed by atoms with Gasteiger partial charge in [0.2, 0.25) is 5.91 Å². The number of carbonyl (C=O) groups is 2. The number of halogens is 1. The van der Waals surface area contributed by atoms with Crippen molar-refractivity contribution in [3.8, 4) is 0 Å². The summed E-state index contributed by atoms with van der Waals surface area (Å²) in [6, 6.07) is 4.93. The normalized spacial score (nSPS) is 10.2. The third-order valence-corrected chi connectivity index (χ3v) is 3.92. The Bertz CT molecular complexity index is 495. The van der Waals surface area contributed by atoms with Crippen LogP contribution in [0.5, 0.6) is 0 Å². The summed E-state index contributed by atoms with van der Waals surface area (Å²) < 4.78 is 0. The molecule has 2 N–H and O–H groups in total. The van der Waals surface area contributed by atoms with Crippen LogP contribution >= 0.6 is 23.4 Å². The maximum atomic E-state index is 11.8. The molecule has 1 aromatic rings. The van der Waals surface area contributed by atoms with Gasteiger partial charge in [-0.25, -0.2) is 0 Å². The van der Waals surface area contributed by atoms with Crippen molar-refractivity contribution in [3.05, 3.63) is 28.8 Å². The molecule has 0 saturated heterocycles. The molecular weight excluding hydrogens is 308 g/mol. The van der Waals surface area contributed by atoms with Gasteiger partial charge in [0.25, 0.3) is 5.91 Å². The number of anilines is 1. The highest BCUT2D eigenvalue weighted by Gasteiger charge is 2.11. The molecule has 0 atom stereocenters. The molecule has 0 spiro atoms. The molecule has 0 saturated carbocycles. The van der Waals surface area contributed by atoms with Crippen molar-refractivity contribution in [2.45, 2.75) is 26.7 Å². The summed E-state index contributed by atoms with van der Waals surface area (Å²) >= 11 is 7.82. The molecular formula is C15H21ClN2O2S. The van der Waals surface area contributed by atoms with E-state index in [9.17, 15) is 9.59 Å². The Hall–Kier alpha value is -1.20. The van der Waals surface area contributed by atoms with Crippen LogP contribution in [0.3, 0.4) is 0 Å². The molecule has 0 unspecified atom stereocenters. The van der Waals surface area contributed by atoms with Gasteiger partial charge in [-0.05, 0) is 30.4 Å². The third kappa shape index (κ3) is 6.40. The van der Waals surface area contributed by atoms with E-state index < -0.39 is 0 Å². The Morgan fingerprint density at radius 2 is 2.05 bits per heavy atom. The molecule has 0 aliphatic carbocycles. The van der Waals surface area contributed by atoms with Crippen molar-refractivity contribution < 1.29 is 9.59 Å². The minimum atomic E-state index is -0.195. The van der Waals surface area contributed by atoms with E-state index in [1.807, 2.05) is 6.92 Å². The molecule has 0 fully saturated rings. The second-order valence-corrected chi connectivity index (χ2v) is 6.25. The number of benzene rings is 1. The largest absolute Gasteiger partial charge is 0.352 e. The van der Waals surface area contributed by atoms with Crippen LogP contribution in [0.1, 0.15) is 37.0 Å². The second kappa shape index (κ2) is 9.68. The van der Waals surface area contributed by atoms with Crippen molar-refractivity contribution in [1.29, 1.82) is 0 Å². The molecule has 0 aliphatic rings. The number of hydrogen-bond acceptors (Lipinski definition) is 3. The smallest absolute Gasteiger partial charge is 0.252 e. The Balaban J connectivity index is 2.61. The van der Waals surface area contributed by atoms with Crippen LogP contribution < -0.4 is 10.6 Å². The van der Waals surface area contributed by atoms with Crippen molar-refractivity contribution in [2.24, 2.45) is 0 Å². The molecule has 1 aromatic carbocycles. The summed E-state index contributed by atoms with van der Waals surface area (Å²) in [5, 5.41) is 5.89. The summed E-state index contributed by atoms with van der Waals surface area (Å²) in [5.41, 5.74) is 1.03. The zero-order valence-corrected chi connectivity index (χ0v) is 13.9. The lowest BCUT2D eigenvalue weighted by Crippen LogP contribution is -2.24. The minimum absolute atomic E-state index is 0.0461. The first-order chi connectivity index (χ1) is 10.1. The average molecular weight is 329 g/mol. The summed E-state index contributed by atoms with van der Waals surface area (Å²) in [6.45, 7) is 4.66. The van der Waals surface area contributed by atoms with Gasteiger partial charge in [-0.3, -0.25) is 9.59 Å². The van der Waals surface area contributed by atoms with Gasteiger partial charge >= 0.3 is 0 Å². The lowest BCUT2D eigenvalue weighted by molar-refractivity contribution is -0.115. The number of thioether (sulfide) groups is 1. The molecule has 4 nitrogen and oxygen atoms in total. The fraction of sp³-hybridized carbons (Fsp3) is 0.467. The van der Waals surface area contributed by atoms with Crippen molar-refractivity contribution in [3.63, 3.8) is 0 Å². The van der Waals surface area contributed by atoms with Gasteiger partial charge in [0.1, 0.15) is 0 Å². The maximum Gasteiger partial charge on any atom is 0.252 e. The van der Waals surface area contributed by atoms with Gasteiger partial charge in [-0.15, -0.1) is 0 Å². The highest BCUT2D eigenvalue weighted by atomic mass is 35.5. The Morgan fingerprint density at radius 3 is 2.67 bits per heavy atom. The number of hydrogen-bond donors (Lipinski definition) is 2. The molecule has 0 heterocycles. The molecule has 0 aliphatic heterocycles. The molecule has 0 radical (unpaired) electrons. The summed E-state index contributed by atoms with van der Waals surface area (Å²) in [6.07, 6.45) is 1.34. The van der Waals surface area contributed by atoms with Crippen LogP contribution in [-0.2, 0) is 4.79 Å². The van der Waals surface area contributed by atoms with E-state index in [4.69, 9.17) is 11.6 Å². The Morgan fingerprint density at radius 1 is 1.29 bits per heavy atom. The zero-order valence-electron chi connectivity index (χ0n) is 12.4. The van der Waals surface area contributed by atoms with Crippen LogP contribution in [0.15, 0.2) is 18.2 Å². The molecule has 21 heavy (non-hydrogen) atoms. The first-order valence-electron chi connectivity index (χ1n) is 7.03. The van der Waals surface area contributed by atoms with E-state index in [1.165, 1.54) is 0 Å². The quantitative estimate of drug-likeness (QED) is 0.717. The fourth-order valence-corrected chi connectivity index (χ4v) is 2.53. The second-order valence-electron chi connectivity index (χ2n) is 4.45. The summed E-state index contributed by atoms with van der Waals surface area (Å²) in [5.74, 6) is 1.56. The first-order valence-corrected chi connectivity index (χ1v) is 8.57. The number of nitrogens with one attached hydrogen (secondary N) is 2. The maximum absolute atomic E-state index is 11.8. The van der Waals surface area contributed by atoms with E-state index in [0.29, 0.717) is 29.2 Å². The minimum Gasteiger partial charge on any atom is -0.352 e. The number of carbonyl (C=O) groups excluding carboxylic acids is 2. The van der Waals surface area contributed by atoms with Gasteiger partial charge in [0.05, 0.1) is 10.6 Å². The lowest BCUT2D eigenvalue weighted by atomic mass is 10.2. The topological polar surface area (TPSA) is 58.2 Å². The molecule has 116 valence electrons. The molecule has 1 rings (SSSR count). The van der Waals surface area contributed by atoms with E-state index in [1.54, 1.807) is 30.0 Å². The van der Waals surface area contributed by atoms with E-state index in [0.717, 1.165) is 17.9 Å². The van der Waals surface area contributed by atoms with Crippen molar-refractivity contribution in [1.82, 2.24) is 5.32 Å². The molecule has 6 heteroatoms. The monoisotopic (exact) mass is 328 g/mol. The van der Waals surface area contributed by atoms with Crippen molar-refractivity contribution in [2.75, 3.05) is 23.4 Å². The van der Waals surface area contributed by atoms with Crippen LogP contribution in [0.2, 0.25) is 5.02 Å². The number of rotatable bonds is 8. The SMILES string of the molecule is CCCNC(=O)c1ccc(NC(=O)CCSCC)cc1Cl. The Labute approximate surface area is 135 Å². The van der Waals surface area contributed by atoms with E-state index >= 15 is 0 Å². The fourth-order valence-electron chi connectivity index (χ4n) is 1.64. The van der Waals surface area contributed by atoms with Gasteiger partial charge in [-0.2, -0.15) is 11.8 Å². The Kier molecular flexibility index (Phi) is 8.23. The predicted octanol–water partition coefficient (Wildman–Crippen LogP) is 3.56. The molecule has 2 amide bonds. The highest BCUT2D eigenvalue weighted by molar-refractivity contribution is 7.99. The van der Waals surface area contributed by atoms with Crippen LogP contribution in [-0.4, -0.2) is 29.9 Å². The summed E-state index contributed by atoms with van der Waals surface area (Å²) in [7, 11) is 0. The van der Waals surface area contributed by atoms with E-state index in [-0.39, 0.29) is 11.8 Å². The molecule has 0 bridgehead atoms. The predicted molar refractivity (Wildman–Crippen MR) is 90.3 cm³/mol. The summed E-state index contributed by atoms with van der Waals surface area (Å²) in [4.78, 5) is 23.6. The van der Waals surface area contributed by atoms with Crippen LogP contribution in [0.4, 0.5) is 5.69 Å².